The van der Waals surface area contributed by atoms with Crippen molar-refractivity contribution in [1.82, 2.24) is 10.2 Å². The van der Waals surface area contributed by atoms with Gasteiger partial charge in [-0.2, -0.15) is 11.8 Å². The van der Waals surface area contributed by atoms with Crippen molar-refractivity contribution in [2.75, 3.05) is 31.7 Å². The highest BCUT2D eigenvalue weighted by Gasteiger charge is 2.35. The maximum absolute atomic E-state index is 12.9. The molecule has 8 heteroatoms. The molecule has 7 nitrogen and oxygen atoms in total. The van der Waals surface area contributed by atoms with Gasteiger partial charge in [0.15, 0.2) is 0 Å². The number of amides is 2. The third-order valence-corrected chi connectivity index (χ3v) is 6.06. The molecule has 0 spiro atoms. The summed E-state index contributed by atoms with van der Waals surface area (Å²) in [6.45, 7) is 3.09. The van der Waals surface area contributed by atoms with E-state index in [4.69, 9.17) is 9.84 Å². The second-order valence-electron chi connectivity index (χ2n) is 8.19. The molecular weight excluding hydrogens is 428 g/mol. The number of fused-ring (bicyclic) bond motifs is 3. The van der Waals surface area contributed by atoms with Gasteiger partial charge in [0, 0.05) is 18.2 Å². The standard InChI is InChI=1S/C24H28N2O5S/c1-24(2,22(29)26(12-13-32-3)14-21(27)28)25-23(30)31-15-20-18-10-6-4-8-16(18)17-9-5-7-11-19(17)20/h4-11,20H,12-15H2,1-3H3,(H,25,30)(H,27,28). The summed E-state index contributed by atoms with van der Waals surface area (Å²) in [4.78, 5) is 37.9. The van der Waals surface area contributed by atoms with Crippen molar-refractivity contribution in [2.45, 2.75) is 25.3 Å². The lowest BCUT2D eigenvalue weighted by molar-refractivity contribution is -0.146. The third kappa shape index (κ3) is 5.24. The van der Waals surface area contributed by atoms with E-state index in [9.17, 15) is 14.4 Å². The number of carbonyl (C=O) groups is 3. The molecule has 0 heterocycles. The van der Waals surface area contributed by atoms with Crippen LogP contribution in [-0.4, -0.2) is 65.2 Å². The van der Waals surface area contributed by atoms with Gasteiger partial charge in [-0.15, -0.1) is 0 Å². The molecule has 32 heavy (non-hydrogen) atoms. The Labute approximate surface area is 192 Å². The molecule has 0 aromatic heterocycles. The number of nitrogens with one attached hydrogen (secondary N) is 1. The van der Waals surface area contributed by atoms with Crippen molar-refractivity contribution in [3.63, 3.8) is 0 Å². The van der Waals surface area contributed by atoms with Crippen LogP contribution in [0.1, 0.15) is 30.9 Å². The maximum Gasteiger partial charge on any atom is 0.408 e. The van der Waals surface area contributed by atoms with Gasteiger partial charge in [0.25, 0.3) is 0 Å². The molecule has 2 aromatic carbocycles. The van der Waals surface area contributed by atoms with E-state index in [0.717, 1.165) is 22.3 Å². The maximum atomic E-state index is 12.9. The highest BCUT2D eigenvalue weighted by molar-refractivity contribution is 7.98. The minimum absolute atomic E-state index is 0.0861. The van der Waals surface area contributed by atoms with Gasteiger partial charge in [-0.05, 0) is 42.4 Å². The Balaban J connectivity index is 1.66. The molecule has 0 bridgehead atoms. The number of aliphatic carboxylic acids is 1. The number of carboxylic acids is 1. The van der Waals surface area contributed by atoms with Crippen LogP contribution in [0.15, 0.2) is 48.5 Å². The average Bonchev–Trinajstić information content (AvgIpc) is 3.08. The van der Waals surface area contributed by atoms with E-state index in [-0.39, 0.29) is 19.1 Å². The molecule has 1 aliphatic carbocycles. The van der Waals surface area contributed by atoms with E-state index in [2.05, 4.69) is 17.4 Å². The van der Waals surface area contributed by atoms with Gasteiger partial charge in [-0.3, -0.25) is 9.59 Å². The first kappa shape index (κ1) is 23.7. The number of thioether (sulfide) groups is 1. The van der Waals surface area contributed by atoms with Crippen molar-refractivity contribution in [1.29, 1.82) is 0 Å². The minimum atomic E-state index is -1.31. The van der Waals surface area contributed by atoms with Crippen molar-refractivity contribution >= 4 is 29.7 Å². The lowest BCUT2D eigenvalue weighted by atomic mass is 9.98. The molecule has 0 saturated carbocycles. The molecule has 0 saturated heterocycles. The average molecular weight is 457 g/mol. The molecule has 170 valence electrons. The number of carbonyl (C=O) groups excluding carboxylic acids is 2. The first-order valence-corrected chi connectivity index (χ1v) is 11.8. The predicted molar refractivity (Wildman–Crippen MR) is 125 cm³/mol. The van der Waals surface area contributed by atoms with Crippen LogP contribution in [0, 0.1) is 0 Å². The van der Waals surface area contributed by atoms with Gasteiger partial charge in [0.2, 0.25) is 5.91 Å². The Hall–Kier alpha value is -3.00. The fourth-order valence-corrected chi connectivity index (χ4v) is 4.36. The number of hydrogen-bond donors (Lipinski definition) is 2. The Bertz CT molecular complexity index is 962. The molecule has 0 aliphatic heterocycles. The first-order valence-electron chi connectivity index (χ1n) is 10.4. The highest BCUT2D eigenvalue weighted by Crippen LogP contribution is 2.44. The fourth-order valence-electron chi connectivity index (χ4n) is 3.96. The van der Waals surface area contributed by atoms with Crippen molar-refractivity contribution in [3.05, 3.63) is 59.7 Å². The van der Waals surface area contributed by atoms with E-state index in [1.54, 1.807) is 13.8 Å². The lowest BCUT2D eigenvalue weighted by Crippen LogP contribution is -2.57. The molecule has 0 atom stereocenters. The fraction of sp³-hybridized carbons (Fsp3) is 0.375. The second kappa shape index (κ2) is 10.1. The number of nitrogens with zero attached hydrogens (tertiary/aromatic N) is 1. The van der Waals surface area contributed by atoms with Crippen molar-refractivity contribution < 1.29 is 24.2 Å². The van der Waals surface area contributed by atoms with Crippen LogP contribution in [0.3, 0.4) is 0 Å². The van der Waals surface area contributed by atoms with E-state index in [1.807, 2.05) is 42.7 Å². The van der Waals surface area contributed by atoms with Crippen LogP contribution in [0.4, 0.5) is 4.79 Å². The topological polar surface area (TPSA) is 95.9 Å². The minimum Gasteiger partial charge on any atom is -0.480 e. The zero-order valence-corrected chi connectivity index (χ0v) is 19.3. The molecule has 0 fully saturated rings. The second-order valence-corrected chi connectivity index (χ2v) is 9.17. The van der Waals surface area contributed by atoms with Gasteiger partial charge < -0.3 is 20.1 Å². The molecule has 2 amide bonds. The Morgan fingerprint density at radius 3 is 2.16 bits per heavy atom. The smallest absolute Gasteiger partial charge is 0.408 e. The van der Waals surface area contributed by atoms with Crippen LogP contribution < -0.4 is 5.32 Å². The first-order chi connectivity index (χ1) is 15.2. The van der Waals surface area contributed by atoms with Gasteiger partial charge in [-0.25, -0.2) is 4.79 Å². The summed E-state index contributed by atoms with van der Waals surface area (Å²) in [6.07, 6.45) is 1.16. The van der Waals surface area contributed by atoms with Gasteiger partial charge in [0.1, 0.15) is 18.7 Å². The number of alkyl carbamates (subject to hydrolysis) is 1. The summed E-state index contributed by atoms with van der Waals surface area (Å²) >= 11 is 1.51. The number of carboxylic acid groups (broad SMARTS) is 1. The predicted octanol–water partition coefficient (Wildman–Crippen LogP) is 3.58. The summed E-state index contributed by atoms with van der Waals surface area (Å²) < 4.78 is 5.53. The van der Waals surface area contributed by atoms with E-state index >= 15 is 0 Å². The van der Waals surface area contributed by atoms with Gasteiger partial charge >= 0.3 is 12.1 Å². The summed E-state index contributed by atoms with van der Waals surface area (Å²) in [6, 6.07) is 16.1. The number of rotatable bonds is 9. The van der Waals surface area contributed by atoms with Gasteiger partial charge in [0.05, 0.1) is 0 Å². The zero-order chi connectivity index (χ0) is 23.3. The molecular formula is C24H28N2O5S. The molecule has 3 rings (SSSR count). The molecule has 2 aromatic rings. The Morgan fingerprint density at radius 2 is 1.62 bits per heavy atom. The largest absolute Gasteiger partial charge is 0.480 e. The van der Waals surface area contributed by atoms with E-state index < -0.39 is 30.1 Å². The van der Waals surface area contributed by atoms with Crippen molar-refractivity contribution in [3.8, 4) is 11.1 Å². The summed E-state index contributed by atoms with van der Waals surface area (Å²) in [5.41, 5.74) is 3.15. The number of ether oxygens (including phenoxy) is 1. The molecule has 0 unspecified atom stereocenters. The monoisotopic (exact) mass is 456 g/mol. The van der Waals surface area contributed by atoms with Gasteiger partial charge in [-0.1, -0.05) is 48.5 Å². The van der Waals surface area contributed by atoms with Crippen LogP contribution in [0.5, 0.6) is 0 Å². The summed E-state index contributed by atoms with van der Waals surface area (Å²) in [5, 5.41) is 11.7. The Morgan fingerprint density at radius 1 is 1.06 bits per heavy atom. The lowest BCUT2D eigenvalue weighted by Gasteiger charge is -2.31. The van der Waals surface area contributed by atoms with Crippen molar-refractivity contribution in [2.24, 2.45) is 0 Å². The number of benzene rings is 2. The molecule has 0 radical (unpaired) electrons. The van der Waals surface area contributed by atoms with Crippen LogP contribution >= 0.6 is 11.8 Å². The molecule has 1 aliphatic rings. The molecule has 2 N–H and O–H groups in total. The van der Waals surface area contributed by atoms with Crippen LogP contribution in [0.25, 0.3) is 11.1 Å². The summed E-state index contributed by atoms with van der Waals surface area (Å²) in [5.74, 6) is -1.06. The van der Waals surface area contributed by atoms with E-state index in [0.29, 0.717) is 5.75 Å². The van der Waals surface area contributed by atoms with E-state index in [1.165, 1.54) is 16.7 Å². The summed E-state index contributed by atoms with van der Waals surface area (Å²) in [7, 11) is 0. The van der Waals surface area contributed by atoms with Crippen LogP contribution in [0.2, 0.25) is 0 Å². The third-order valence-electron chi connectivity index (χ3n) is 5.47. The highest BCUT2D eigenvalue weighted by atomic mass is 32.2. The van der Waals surface area contributed by atoms with Crippen LogP contribution in [-0.2, 0) is 14.3 Å². The Kier molecular flexibility index (Phi) is 7.45. The zero-order valence-electron chi connectivity index (χ0n) is 18.5. The SMILES string of the molecule is CSCCN(CC(=O)O)C(=O)C(C)(C)NC(=O)OCC1c2ccccc2-c2ccccc21. The quantitative estimate of drug-likeness (QED) is 0.599. The number of hydrogen-bond acceptors (Lipinski definition) is 5. The normalized spacial score (nSPS) is 12.6.